The molecule has 1 aliphatic heterocycles. The fourth-order valence-electron chi connectivity index (χ4n) is 1.62. The fourth-order valence-corrected chi connectivity index (χ4v) is 1.62. The van der Waals surface area contributed by atoms with Gasteiger partial charge < -0.3 is 15.5 Å². The number of carboxylic acid groups (broad SMARTS) is 2. The van der Waals surface area contributed by atoms with Crippen LogP contribution in [0.4, 0.5) is 0 Å². The second kappa shape index (κ2) is 6.65. The van der Waals surface area contributed by atoms with E-state index in [4.69, 9.17) is 16.6 Å². The lowest BCUT2D eigenvalue weighted by Crippen LogP contribution is -2.42. The Kier molecular flexibility index (Phi) is 5.20. The number of aliphatic carboxylic acids is 2. The van der Waals surface area contributed by atoms with Crippen LogP contribution < -0.4 is 5.32 Å². The minimum atomic E-state index is -1.44. The minimum absolute atomic E-state index is 0.0149. The van der Waals surface area contributed by atoms with Crippen LogP contribution in [0.25, 0.3) is 0 Å². The molecule has 8 nitrogen and oxygen atoms in total. The zero-order valence-corrected chi connectivity index (χ0v) is 10.7. The minimum Gasteiger partial charge on any atom is -0.481 e. The molecule has 1 amide bonds. The Morgan fingerprint density at radius 3 is 2.35 bits per heavy atom. The summed E-state index contributed by atoms with van der Waals surface area (Å²) in [5, 5.41) is 27.2. The normalized spacial score (nSPS) is 15.9. The Labute approximate surface area is 115 Å². The average Bonchev–Trinajstić information content (AvgIpc) is 3.13. The summed E-state index contributed by atoms with van der Waals surface area (Å²) >= 11 is 0. The molecule has 108 valence electrons. The van der Waals surface area contributed by atoms with E-state index in [9.17, 15) is 14.4 Å². The third kappa shape index (κ3) is 5.06. The molecule has 1 aliphatic rings. The monoisotopic (exact) mass is 281 g/mol. The molecule has 0 aromatic rings. The molecule has 1 heterocycles. The first-order valence-corrected chi connectivity index (χ1v) is 6.00. The zero-order chi connectivity index (χ0) is 15.2. The highest BCUT2D eigenvalue weighted by Gasteiger charge is 2.39. The summed E-state index contributed by atoms with van der Waals surface area (Å²) in [5.74, 6) is -0.770. The topological polar surface area (TPSA) is 128 Å². The number of nitrogens with one attached hydrogen (secondary N) is 1. The van der Waals surface area contributed by atoms with E-state index in [1.165, 1.54) is 0 Å². The van der Waals surface area contributed by atoms with Gasteiger partial charge in [0.15, 0.2) is 5.66 Å². The first kappa shape index (κ1) is 15.6. The predicted molar refractivity (Wildman–Crippen MR) is 66.7 cm³/mol. The van der Waals surface area contributed by atoms with Gasteiger partial charge >= 0.3 is 11.9 Å². The number of carbonyl (C=O) groups excluding carboxylic acids is 1. The van der Waals surface area contributed by atoms with Crippen LogP contribution in [-0.4, -0.2) is 39.8 Å². The van der Waals surface area contributed by atoms with Crippen LogP contribution in [0.3, 0.4) is 0 Å². The largest absolute Gasteiger partial charge is 0.481 e. The maximum absolute atomic E-state index is 11.6. The van der Waals surface area contributed by atoms with Crippen LogP contribution in [0.15, 0.2) is 10.2 Å². The van der Waals surface area contributed by atoms with Crippen molar-refractivity contribution in [1.29, 1.82) is 0 Å². The van der Waals surface area contributed by atoms with Gasteiger partial charge in [0.1, 0.15) is 6.04 Å². The van der Waals surface area contributed by atoms with Crippen molar-refractivity contribution in [1.82, 2.24) is 5.32 Å². The predicted octanol–water partition coefficient (Wildman–Crippen LogP) is 0.386. The van der Waals surface area contributed by atoms with Gasteiger partial charge in [-0.3, -0.25) is 9.59 Å². The Balaban J connectivity index is 2.37. The van der Waals surface area contributed by atoms with Crippen molar-refractivity contribution >= 4 is 17.8 Å². The van der Waals surface area contributed by atoms with E-state index in [1.807, 2.05) is 0 Å². The van der Waals surface area contributed by atoms with Gasteiger partial charge in [-0.2, -0.15) is 10.2 Å². The zero-order valence-electron chi connectivity index (χ0n) is 10.7. The molecule has 1 atom stereocenters. The lowest BCUT2D eigenvalue weighted by Gasteiger charge is -2.13. The van der Waals surface area contributed by atoms with E-state index in [-0.39, 0.29) is 6.42 Å². The van der Waals surface area contributed by atoms with E-state index in [1.54, 1.807) is 0 Å². The van der Waals surface area contributed by atoms with E-state index < -0.39 is 36.0 Å². The standard InChI is InChI=1S/C12H15N3O5/c1-2-3-5-12(14-15-12)6-4-9(16)13-8(11(19)20)7-10(17)18/h1,8H,3-7H2,(H,13,16)(H,17,18)(H,19,20)/t8-/m1/s1. The van der Waals surface area contributed by atoms with Gasteiger partial charge in [0.05, 0.1) is 6.42 Å². The first-order chi connectivity index (χ1) is 9.38. The van der Waals surface area contributed by atoms with E-state index in [0.29, 0.717) is 19.3 Å². The molecule has 0 spiro atoms. The number of terminal acetylenes is 1. The maximum atomic E-state index is 11.6. The molecule has 0 unspecified atom stereocenters. The van der Waals surface area contributed by atoms with Crippen molar-refractivity contribution in [3.8, 4) is 12.3 Å². The van der Waals surface area contributed by atoms with Crippen LogP contribution in [-0.2, 0) is 14.4 Å². The number of hydrogen-bond donors (Lipinski definition) is 3. The molecule has 1 rings (SSSR count). The van der Waals surface area contributed by atoms with Crippen molar-refractivity contribution in [3.05, 3.63) is 0 Å². The maximum Gasteiger partial charge on any atom is 0.326 e. The molecule has 8 heteroatoms. The molecule has 0 aliphatic carbocycles. The summed E-state index contributed by atoms with van der Waals surface area (Å²) in [6, 6.07) is -1.44. The molecule has 0 fully saturated rings. The molecule has 0 aromatic carbocycles. The van der Waals surface area contributed by atoms with Crippen molar-refractivity contribution in [3.63, 3.8) is 0 Å². The SMILES string of the molecule is C#CCCC1(CCC(=O)N[C@H](CC(=O)O)C(=O)O)N=N1. The van der Waals surface area contributed by atoms with Crippen molar-refractivity contribution < 1.29 is 24.6 Å². The summed E-state index contributed by atoms with van der Waals surface area (Å²) in [6.07, 6.45) is 5.85. The summed E-state index contributed by atoms with van der Waals surface area (Å²) in [5.41, 5.74) is -0.616. The summed E-state index contributed by atoms with van der Waals surface area (Å²) in [4.78, 5) is 32.9. The lowest BCUT2D eigenvalue weighted by molar-refractivity contribution is -0.147. The highest BCUT2D eigenvalue weighted by atomic mass is 16.4. The number of nitrogens with zero attached hydrogens (tertiary/aromatic N) is 2. The molecular weight excluding hydrogens is 266 g/mol. The van der Waals surface area contributed by atoms with Crippen LogP contribution in [0.2, 0.25) is 0 Å². The second-order valence-electron chi connectivity index (χ2n) is 4.44. The van der Waals surface area contributed by atoms with Gasteiger partial charge in [0.2, 0.25) is 5.91 Å². The highest BCUT2D eigenvalue weighted by molar-refractivity contribution is 5.86. The van der Waals surface area contributed by atoms with Crippen molar-refractivity contribution in [2.24, 2.45) is 10.2 Å². The summed E-state index contributed by atoms with van der Waals surface area (Å²) in [6.45, 7) is 0. The summed E-state index contributed by atoms with van der Waals surface area (Å²) in [7, 11) is 0. The van der Waals surface area contributed by atoms with Crippen LogP contribution >= 0.6 is 0 Å². The molecule has 0 bridgehead atoms. The van der Waals surface area contributed by atoms with Gasteiger partial charge in [-0.15, -0.1) is 12.3 Å². The first-order valence-electron chi connectivity index (χ1n) is 6.00. The smallest absolute Gasteiger partial charge is 0.326 e. The Bertz CT molecular complexity index is 474. The number of rotatable bonds is 9. The number of amides is 1. The molecule has 0 radical (unpaired) electrons. The number of hydrogen-bond acceptors (Lipinski definition) is 5. The Hall–Kier alpha value is -2.43. The molecule has 20 heavy (non-hydrogen) atoms. The van der Waals surface area contributed by atoms with Crippen LogP contribution in [0.1, 0.15) is 32.1 Å². The number of carboxylic acids is 2. The lowest BCUT2D eigenvalue weighted by atomic mass is 10.0. The molecule has 0 saturated heterocycles. The Morgan fingerprint density at radius 2 is 1.90 bits per heavy atom. The van der Waals surface area contributed by atoms with Gasteiger partial charge in [0, 0.05) is 25.7 Å². The highest BCUT2D eigenvalue weighted by Crippen LogP contribution is 2.37. The average molecular weight is 281 g/mol. The fraction of sp³-hybridized carbons (Fsp3) is 0.583. The third-order valence-electron chi connectivity index (χ3n) is 2.82. The Morgan fingerprint density at radius 1 is 1.25 bits per heavy atom. The number of carbonyl (C=O) groups is 3. The van der Waals surface area contributed by atoms with Gasteiger partial charge in [-0.1, -0.05) is 0 Å². The van der Waals surface area contributed by atoms with Gasteiger partial charge in [0.25, 0.3) is 0 Å². The second-order valence-corrected chi connectivity index (χ2v) is 4.44. The van der Waals surface area contributed by atoms with E-state index >= 15 is 0 Å². The van der Waals surface area contributed by atoms with Crippen LogP contribution in [0.5, 0.6) is 0 Å². The van der Waals surface area contributed by atoms with E-state index in [0.717, 1.165) is 0 Å². The van der Waals surface area contributed by atoms with Crippen molar-refractivity contribution in [2.45, 2.75) is 43.8 Å². The van der Waals surface area contributed by atoms with Crippen molar-refractivity contribution in [2.75, 3.05) is 0 Å². The quantitative estimate of drug-likeness (QED) is 0.526. The molecule has 3 N–H and O–H groups in total. The molecule has 0 saturated carbocycles. The summed E-state index contributed by atoms with van der Waals surface area (Å²) < 4.78 is 0. The van der Waals surface area contributed by atoms with Gasteiger partial charge in [-0.05, 0) is 0 Å². The molecular formula is C12H15N3O5. The third-order valence-corrected chi connectivity index (χ3v) is 2.82. The van der Waals surface area contributed by atoms with E-state index in [2.05, 4.69) is 21.5 Å². The van der Waals surface area contributed by atoms with Crippen LogP contribution in [0, 0.1) is 12.3 Å². The van der Waals surface area contributed by atoms with Gasteiger partial charge in [-0.25, -0.2) is 4.79 Å². The molecule has 0 aromatic heterocycles.